The maximum atomic E-state index is 6.07. The number of nitrogens with zero attached hydrogens (tertiary/aromatic N) is 3. The second kappa shape index (κ2) is 6.72. The SMILES string of the molecule is CC(C)(C)NC(=S)Nc1nc(Cl)cc(N2CCOCC2)n1. The first-order chi connectivity index (χ1) is 9.83. The van der Waals surface area contributed by atoms with Gasteiger partial charge in [0.15, 0.2) is 5.11 Å². The lowest BCUT2D eigenvalue weighted by molar-refractivity contribution is 0.122. The standard InChI is InChI=1S/C13H20ClN5OS/c1-13(2,3)18-12(21)17-11-15-9(14)8-10(16-11)19-4-6-20-7-5-19/h8H,4-7H2,1-3H3,(H2,15,16,17,18,21). The van der Waals surface area contributed by atoms with Gasteiger partial charge in [0.05, 0.1) is 13.2 Å². The van der Waals surface area contributed by atoms with Gasteiger partial charge in [-0.15, -0.1) is 0 Å². The number of halogens is 1. The van der Waals surface area contributed by atoms with Gasteiger partial charge < -0.3 is 20.3 Å². The smallest absolute Gasteiger partial charge is 0.232 e. The van der Waals surface area contributed by atoms with Crippen LogP contribution in [-0.2, 0) is 4.74 Å². The number of aromatic nitrogens is 2. The van der Waals surface area contributed by atoms with E-state index in [1.54, 1.807) is 6.07 Å². The van der Waals surface area contributed by atoms with Crippen molar-refractivity contribution >= 4 is 40.7 Å². The van der Waals surface area contributed by atoms with Crippen molar-refractivity contribution < 1.29 is 4.74 Å². The van der Waals surface area contributed by atoms with E-state index < -0.39 is 0 Å². The molecule has 2 rings (SSSR count). The van der Waals surface area contributed by atoms with Crippen LogP contribution < -0.4 is 15.5 Å². The lowest BCUT2D eigenvalue weighted by atomic mass is 10.1. The fraction of sp³-hybridized carbons (Fsp3) is 0.615. The molecule has 0 bridgehead atoms. The Bertz CT molecular complexity index is 514. The summed E-state index contributed by atoms with van der Waals surface area (Å²) in [7, 11) is 0. The first-order valence-electron chi connectivity index (χ1n) is 6.80. The van der Waals surface area contributed by atoms with Crippen molar-refractivity contribution in [3.05, 3.63) is 11.2 Å². The Kier molecular flexibility index (Phi) is 5.18. The molecule has 6 nitrogen and oxygen atoms in total. The van der Waals surface area contributed by atoms with Crippen LogP contribution in [0.25, 0.3) is 0 Å². The molecule has 1 aliphatic rings. The zero-order valence-corrected chi connectivity index (χ0v) is 14.0. The van der Waals surface area contributed by atoms with Gasteiger partial charge in [0.1, 0.15) is 11.0 Å². The summed E-state index contributed by atoms with van der Waals surface area (Å²) in [5.41, 5.74) is -0.129. The zero-order valence-electron chi connectivity index (χ0n) is 12.4. The minimum absolute atomic E-state index is 0.129. The Balaban J connectivity index is 2.09. The molecule has 2 N–H and O–H groups in total. The molecule has 0 aliphatic carbocycles. The van der Waals surface area contributed by atoms with E-state index in [4.69, 9.17) is 28.6 Å². The molecular weight excluding hydrogens is 310 g/mol. The first-order valence-corrected chi connectivity index (χ1v) is 7.58. The van der Waals surface area contributed by atoms with Crippen LogP contribution in [-0.4, -0.2) is 46.9 Å². The van der Waals surface area contributed by atoms with E-state index in [1.165, 1.54) is 0 Å². The zero-order chi connectivity index (χ0) is 15.5. The molecule has 0 radical (unpaired) electrons. The minimum atomic E-state index is -0.129. The largest absolute Gasteiger partial charge is 0.378 e. The monoisotopic (exact) mass is 329 g/mol. The molecule has 0 saturated carbocycles. The van der Waals surface area contributed by atoms with Crippen LogP contribution in [0, 0.1) is 0 Å². The molecule has 0 amide bonds. The third-order valence-corrected chi connectivity index (χ3v) is 3.13. The summed E-state index contributed by atoms with van der Waals surface area (Å²) in [5.74, 6) is 1.17. The summed E-state index contributed by atoms with van der Waals surface area (Å²) in [4.78, 5) is 10.7. The van der Waals surface area contributed by atoms with Crippen molar-refractivity contribution in [3.63, 3.8) is 0 Å². The number of hydrogen-bond donors (Lipinski definition) is 2. The third kappa shape index (κ3) is 5.26. The van der Waals surface area contributed by atoms with E-state index in [0.29, 0.717) is 29.4 Å². The van der Waals surface area contributed by atoms with Crippen LogP contribution in [0.2, 0.25) is 5.15 Å². The lowest BCUT2D eigenvalue weighted by Crippen LogP contribution is -2.43. The molecule has 1 aromatic rings. The van der Waals surface area contributed by atoms with E-state index in [1.807, 2.05) is 20.8 Å². The van der Waals surface area contributed by atoms with Crippen LogP contribution in [0.3, 0.4) is 0 Å². The highest BCUT2D eigenvalue weighted by Gasteiger charge is 2.16. The summed E-state index contributed by atoms with van der Waals surface area (Å²) in [6.07, 6.45) is 0. The first kappa shape index (κ1) is 16.2. The van der Waals surface area contributed by atoms with Crippen LogP contribution in [0.15, 0.2) is 6.07 Å². The summed E-state index contributed by atoms with van der Waals surface area (Å²) < 4.78 is 5.34. The van der Waals surface area contributed by atoms with Crippen LogP contribution in [0.1, 0.15) is 20.8 Å². The molecule has 2 heterocycles. The van der Waals surface area contributed by atoms with Crippen LogP contribution >= 0.6 is 23.8 Å². The minimum Gasteiger partial charge on any atom is -0.378 e. The van der Waals surface area contributed by atoms with Gasteiger partial charge in [0.25, 0.3) is 0 Å². The van der Waals surface area contributed by atoms with E-state index >= 15 is 0 Å². The predicted molar refractivity (Wildman–Crippen MR) is 89.2 cm³/mol. The van der Waals surface area contributed by atoms with Crippen molar-refractivity contribution in [1.29, 1.82) is 0 Å². The van der Waals surface area contributed by atoms with E-state index in [9.17, 15) is 0 Å². The quantitative estimate of drug-likeness (QED) is 0.636. The van der Waals surface area contributed by atoms with Gasteiger partial charge in [-0.3, -0.25) is 0 Å². The highest BCUT2D eigenvalue weighted by atomic mass is 35.5. The summed E-state index contributed by atoms with van der Waals surface area (Å²) >= 11 is 11.3. The van der Waals surface area contributed by atoms with E-state index in [0.717, 1.165) is 18.9 Å². The van der Waals surface area contributed by atoms with Gasteiger partial charge in [-0.25, -0.2) is 4.98 Å². The molecule has 1 saturated heterocycles. The number of ether oxygens (including phenoxy) is 1. The Morgan fingerprint density at radius 1 is 1.33 bits per heavy atom. The Labute approximate surface area is 135 Å². The van der Waals surface area contributed by atoms with Gasteiger partial charge in [0, 0.05) is 24.7 Å². The van der Waals surface area contributed by atoms with Crippen molar-refractivity contribution in [2.24, 2.45) is 0 Å². The lowest BCUT2D eigenvalue weighted by Gasteiger charge is -2.28. The van der Waals surface area contributed by atoms with Gasteiger partial charge in [-0.1, -0.05) is 11.6 Å². The average molecular weight is 330 g/mol. The topological polar surface area (TPSA) is 62.3 Å². The second-order valence-electron chi connectivity index (χ2n) is 5.80. The highest BCUT2D eigenvalue weighted by Crippen LogP contribution is 2.19. The number of hydrogen-bond acceptors (Lipinski definition) is 5. The molecule has 0 atom stereocenters. The third-order valence-electron chi connectivity index (χ3n) is 2.73. The number of nitrogens with one attached hydrogen (secondary N) is 2. The molecule has 116 valence electrons. The maximum Gasteiger partial charge on any atom is 0.232 e. The normalized spacial score (nSPS) is 15.7. The van der Waals surface area contributed by atoms with Crippen molar-refractivity contribution in [1.82, 2.24) is 15.3 Å². The van der Waals surface area contributed by atoms with Crippen molar-refractivity contribution in [2.45, 2.75) is 26.3 Å². The van der Waals surface area contributed by atoms with Crippen LogP contribution in [0.4, 0.5) is 11.8 Å². The second-order valence-corrected chi connectivity index (χ2v) is 6.60. The van der Waals surface area contributed by atoms with Crippen molar-refractivity contribution in [2.75, 3.05) is 36.5 Å². The van der Waals surface area contributed by atoms with Gasteiger partial charge in [-0.05, 0) is 33.0 Å². The van der Waals surface area contributed by atoms with E-state index in [-0.39, 0.29) is 5.54 Å². The number of morpholine rings is 1. The van der Waals surface area contributed by atoms with E-state index in [2.05, 4.69) is 25.5 Å². The molecule has 21 heavy (non-hydrogen) atoms. The van der Waals surface area contributed by atoms with Gasteiger partial charge >= 0.3 is 0 Å². The number of thiocarbonyl (C=S) groups is 1. The molecule has 0 aromatic carbocycles. The Hall–Kier alpha value is -1.18. The predicted octanol–water partition coefficient (Wildman–Crippen LogP) is 2.05. The van der Waals surface area contributed by atoms with Crippen molar-refractivity contribution in [3.8, 4) is 0 Å². The maximum absolute atomic E-state index is 6.07. The fourth-order valence-electron chi connectivity index (χ4n) is 1.89. The van der Waals surface area contributed by atoms with Gasteiger partial charge in [-0.2, -0.15) is 4.98 Å². The molecule has 0 spiro atoms. The summed E-state index contributed by atoms with van der Waals surface area (Å²) in [5, 5.41) is 6.98. The fourth-order valence-corrected chi connectivity index (χ4v) is 2.46. The highest BCUT2D eigenvalue weighted by molar-refractivity contribution is 7.80. The van der Waals surface area contributed by atoms with Crippen LogP contribution in [0.5, 0.6) is 0 Å². The number of rotatable bonds is 2. The molecule has 8 heteroatoms. The Morgan fingerprint density at radius 3 is 2.62 bits per heavy atom. The number of anilines is 2. The molecule has 1 aliphatic heterocycles. The summed E-state index contributed by atoms with van der Waals surface area (Å²) in [6.45, 7) is 9.04. The molecule has 1 fully saturated rings. The molecule has 1 aromatic heterocycles. The molecular formula is C13H20ClN5OS. The average Bonchev–Trinajstić information content (AvgIpc) is 2.36. The Morgan fingerprint density at radius 2 is 2.00 bits per heavy atom. The molecule has 0 unspecified atom stereocenters. The van der Waals surface area contributed by atoms with Gasteiger partial charge in [0.2, 0.25) is 5.95 Å². The summed E-state index contributed by atoms with van der Waals surface area (Å²) in [6, 6.07) is 1.75.